The molecule has 1 fully saturated rings. The van der Waals surface area contributed by atoms with Gasteiger partial charge in [-0.2, -0.15) is 18.1 Å². The van der Waals surface area contributed by atoms with Crippen molar-refractivity contribution in [2.24, 2.45) is 0 Å². The lowest BCUT2D eigenvalue weighted by Crippen LogP contribution is -2.41. The van der Waals surface area contributed by atoms with E-state index in [0.29, 0.717) is 41.2 Å². The monoisotopic (exact) mass is 661 g/mol. The average Bonchev–Trinajstić information content (AvgIpc) is 3.56. The van der Waals surface area contributed by atoms with Gasteiger partial charge in [0.25, 0.3) is 0 Å². The molecule has 2 atom stereocenters. The molecule has 1 aliphatic heterocycles. The number of carbonyl (C=O) groups is 2. The summed E-state index contributed by atoms with van der Waals surface area (Å²) in [6.07, 6.45) is -1.01. The molecule has 4 heterocycles. The number of pyridine rings is 1. The van der Waals surface area contributed by atoms with Crippen molar-refractivity contribution in [1.82, 2.24) is 19.5 Å². The standard InChI is InChI=1S/C31H37F3N6O5P/c1-30(2,3)44-28(41)40(29(42)45-46(4,5)6)27-21-13-14-39(26(21)36-17-37-27)24-12-11-20(43-24)10-8-18-7-9-19-16-22(31(32,33)34)25(35)38-23(19)15-18/h7,9,13-17,20,24H,8,10-12H2,1-6H3,(H2,35,38)/q+1. The largest absolute Gasteiger partial charge is 0.462 e. The van der Waals surface area contributed by atoms with Gasteiger partial charge < -0.3 is 19.8 Å². The van der Waals surface area contributed by atoms with Crippen LogP contribution in [-0.2, 0) is 26.6 Å². The Hall–Kier alpha value is -4.03. The molecule has 5 rings (SSSR count). The van der Waals surface area contributed by atoms with E-state index in [2.05, 4.69) is 15.0 Å². The minimum Gasteiger partial charge on any atom is -0.443 e. The molecule has 1 saturated heterocycles. The summed E-state index contributed by atoms with van der Waals surface area (Å²) in [5.41, 5.74) is 5.55. The predicted molar refractivity (Wildman–Crippen MR) is 170 cm³/mol. The van der Waals surface area contributed by atoms with Gasteiger partial charge in [-0.05, 0) is 70.2 Å². The summed E-state index contributed by atoms with van der Waals surface area (Å²) in [7, 11) is -2.09. The molecule has 0 radical (unpaired) electrons. The van der Waals surface area contributed by atoms with Crippen molar-refractivity contribution < 1.29 is 36.8 Å². The van der Waals surface area contributed by atoms with Gasteiger partial charge in [-0.3, -0.25) is 4.52 Å². The van der Waals surface area contributed by atoms with Crippen LogP contribution in [0.5, 0.6) is 0 Å². The zero-order chi connectivity index (χ0) is 33.6. The lowest BCUT2D eigenvalue weighted by Gasteiger charge is -2.25. The smallest absolute Gasteiger partial charge is 0.443 e. The molecule has 2 unspecified atom stereocenters. The first-order valence-electron chi connectivity index (χ1n) is 14.7. The van der Waals surface area contributed by atoms with Crippen molar-refractivity contribution in [2.75, 3.05) is 30.6 Å². The van der Waals surface area contributed by atoms with Crippen LogP contribution in [0.1, 0.15) is 57.4 Å². The second-order valence-corrected chi connectivity index (χ2v) is 17.0. The molecule has 2 amide bonds. The molecule has 2 N–H and O–H groups in total. The van der Waals surface area contributed by atoms with Crippen molar-refractivity contribution in [2.45, 2.75) is 70.6 Å². The van der Waals surface area contributed by atoms with Gasteiger partial charge in [-0.25, -0.2) is 24.5 Å². The van der Waals surface area contributed by atoms with Gasteiger partial charge in [0.05, 0.1) is 42.6 Å². The second-order valence-electron chi connectivity index (χ2n) is 13.0. The highest BCUT2D eigenvalue weighted by Gasteiger charge is 2.38. The molecule has 0 saturated carbocycles. The number of benzene rings is 1. The summed E-state index contributed by atoms with van der Waals surface area (Å²) < 4.78 is 59.0. The number of fused-ring (bicyclic) bond motifs is 2. The fraction of sp³-hybridized carbons (Fsp3) is 0.452. The number of ether oxygens (including phenoxy) is 2. The van der Waals surface area contributed by atoms with Crippen LogP contribution < -0.4 is 10.6 Å². The molecule has 46 heavy (non-hydrogen) atoms. The maximum absolute atomic E-state index is 13.3. The number of carbonyl (C=O) groups excluding carboxylic acids is 2. The van der Waals surface area contributed by atoms with Crippen LogP contribution in [0.3, 0.4) is 0 Å². The molecule has 11 nitrogen and oxygen atoms in total. The van der Waals surface area contributed by atoms with Crippen molar-refractivity contribution in [3.05, 3.63) is 54.0 Å². The summed E-state index contributed by atoms with van der Waals surface area (Å²) in [6, 6.07) is 7.89. The first kappa shape index (κ1) is 33.3. The zero-order valence-corrected chi connectivity index (χ0v) is 27.4. The number of anilines is 2. The van der Waals surface area contributed by atoms with Crippen LogP contribution in [0.15, 0.2) is 42.9 Å². The molecule has 3 aromatic heterocycles. The highest BCUT2D eigenvalue weighted by atomic mass is 31.2. The molecule has 15 heteroatoms. The number of nitrogen functional groups attached to an aromatic ring is 1. The van der Waals surface area contributed by atoms with Crippen LogP contribution in [0.25, 0.3) is 21.9 Å². The van der Waals surface area contributed by atoms with Gasteiger partial charge in [0.1, 0.15) is 29.6 Å². The third-order valence-corrected chi connectivity index (χ3v) is 7.88. The lowest BCUT2D eigenvalue weighted by molar-refractivity contribution is -0.137. The normalized spacial score (nSPS) is 17.4. The van der Waals surface area contributed by atoms with E-state index >= 15 is 0 Å². The number of aromatic nitrogens is 4. The van der Waals surface area contributed by atoms with Gasteiger partial charge in [-0.1, -0.05) is 12.1 Å². The number of imide groups is 1. The molecule has 4 aromatic rings. The van der Waals surface area contributed by atoms with E-state index in [-0.39, 0.29) is 18.1 Å². The molecule has 0 aliphatic carbocycles. The van der Waals surface area contributed by atoms with Crippen LogP contribution in [0, 0.1) is 0 Å². The molecule has 0 spiro atoms. The number of hydrogen-bond donors (Lipinski definition) is 1. The van der Waals surface area contributed by atoms with Crippen LogP contribution in [-0.4, -0.2) is 63.4 Å². The van der Waals surface area contributed by atoms with E-state index in [1.807, 2.05) is 4.57 Å². The van der Waals surface area contributed by atoms with Crippen molar-refractivity contribution in [3.8, 4) is 0 Å². The first-order chi connectivity index (χ1) is 21.4. The van der Waals surface area contributed by atoms with Crippen molar-refractivity contribution in [1.29, 1.82) is 0 Å². The number of hydrogen-bond acceptors (Lipinski definition) is 9. The minimum absolute atomic E-state index is 0.0406. The van der Waals surface area contributed by atoms with E-state index in [0.717, 1.165) is 23.0 Å². The van der Waals surface area contributed by atoms with Gasteiger partial charge in [0, 0.05) is 11.6 Å². The number of aryl methyl sites for hydroxylation is 1. The third-order valence-electron chi connectivity index (χ3n) is 7.18. The zero-order valence-electron chi connectivity index (χ0n) is 26.5. The van der Waals surface area contributed by atoms with E-state index in [4.69, 9.17) is 19.7 Å². The number of halogens is 3. The number of nitrogens with two attached hydrogens (primary N) is 1. The maximum atomic E-state index is 13.3. The minimum atomic E-state index is -4.57. The topological polar surface area (TPSA) is 135 Å². The predicted octanol–water partition coefficient (Wildman–Crippen LogP) is 7.59. The second kappa shape index (κ2) is 12.3. The van der Waals surface area contributed by atoms with E-state index in [9.17, 15) is 22.8 Å². The Bertz CT molecular complexity index is 1750. The van der Waals surface area contributed by atoms with Gasteiger partial charge in [0.2, 0.25) is 0 Å². The van der Waals surface area contributed by atoms with Crippen molar-refractivity contribution in [3.63, 3.8) is 0 Å². The maximum Gasteiger partial charge on any atom is 0.462 e. The Labute approximate surface area is 264 Å². The number of nitrogens with zero attached hydrogens (tertiary/aromatic N) is 5. The van der Waals surface area contributed by atoms with E-state index in [1.165, 1.54) is 6.33 Å². The average molecular weight is 662 g/mol. The Morgan fingerprint density at radius 3 is 2.50 bits per heavy atom. The highest BCUT2D eigenvalue weighted by molar-refractivity contribution is 7.69. The van der Waals surface area contributed by atoms with Crippen LogP contribution in [0.2, 0.25) is 0 Å². The van der Waals surface area contributed by atoms with Crippen LogP contribution >= 0.6 is 7.49 Å². The molecular formula is C31H37F3N6O5P+. The Kier molecular flexibility index (Phi) is 8.91. The number of rotatable bonds is 6. The van der Waals surface area contributed by atoms with Crippen LogP contribution in [0.4, 0.5) is 34.4 Å². The number of amides is 2. The SMILES string of the molecule is CC(C)(C)OC(=O)N(C(=O)O[P+](C)(C)C)c1ncnc2c1ccn2C1CCC(CCc2ccc3cc(C(F)(F)F)c(N)nc3c2)O1. The van der Waals surface area contributed by atoms with Gasteiger partial charge in [0.15, 0.2) is 13.3 Å². The fourth-order valence-corrected chi connectivity index (χ4v) is 5.79. The molecular weight excluding hydrogens is 624 g/mol. The summed E-state index contributed by atoms with van der Waals surface area (Å²) >= 11 is 0. The Morgan fingerprint density at radius 1 is 1.09 bits per heavy atom. The fourth-order valence-electron chi connectivity index (χ4n) is 5.24. The van der Waals surface area contributed by atoms with E-state index < -0.39 is 42.8 Å². The summed E-state index contributed by atoms with van der Waals surface area (Å²) in [6.45, 7) is 10.5. The van der Waals surface area contributed by atoms with Gasteiger partial charge in [-0.15, -0.1) is 0 Å². The highest BCUT2D eigenvalue weighted by Crippen LogP contribution is 2.48. The molecule has 1 aliphatic rings. The van der Waals surface area contributed by atoms with Crippen molar-refractivity contribution >= 4 is 53.2 Å². The molecule has 1 aromatic carbocycles. The Balaban J connectivity index is 1.32. The lowest BCUT2D eigenvalue weighted by atomic mass is 10.0. The van der Waals surface area contributed by atoms with E-state index in [1.54, 1.807) is 71.2 Å². The number of alkyl halides is 3. The third kappa shape index (κ3) is 7.50. The quantitative estimate of drug-likeness (QED) is 0.207. The summed E-state index contributed by atoms with van der Waals surface area (Å²) in [5.74, 6) is -0.509. The molecule has 246 valence electrons. The summed E-state index contributed by atoms with van der Waals surface area (Å²) in [4.78, 5) is 40.0. The first-order valence-corrected chi connectivity index (χ1v) is 17.8. The van der Waals surface area contributed by atoms with Gasteiger partial charge >= 0.3 is 18.4 Å². The molecule has 0 bridgehead atoms. The Morgan fingerprint density at radius 2 is 1.83 bits per heavy atom. The summed E-state index contributed by atoms with van der Waals surface area (Å²) in [5, 5.41) is 0.808.